The van der Waals surface area contributed by atoms with Crippen molar-refractivity contribution in [3.8, 4) is 11.4 Å². The van der Waals surface area contributed by atoms with Crippen LogP contribution in [-0.2, 0) is 19.4 Å². The first-order valence-corrected chi connectivity index (χ1v) is 9.57. The normalized spacial score (nSPS) is 13.4. The van der Waals surface area contributed by atoms with Crippen LogP contribution in [0.1, 0.15) is 34.5 Å². The van der Waals surface area contributed by atoms with E-state index >= 15 is 0 Å². The molecule has 0 fully saturated rings. The first-order valence-electron chi connectivity index (χ1n) is 8.63. The van der Waals surface area contributed by atoms with E-state index in [1.54, 1.807) is 0 Å². The van der Waals surface area contributed by atoms with Gasteiger partial charge in [0.05, 0.1) is 12.2 Å². The van der Waals surface area contributed by atoms with Crippen molar-refractivity contribution < 1.29 is 4.79 Å². The molecule has 25 heavy (non-hydrogen) atoms. The summed E-state index contributed by atoms with van der Waals surface area (Å²) >= 11 is 1.53. The summed E-state index contributed by atoms with van der Waals surface area (Å²) in [6.07, 6.45) is 6.32. The largest absolute Gasteiger partial charge is 0.350 e. The molecule has 0 saturated carbocycles. The molecular formula is C19H20N4OS. The molecule has 0 aromatic carbocycles. The monoisotopic (exact) mass is 352 g/mol. The zero-order valence-electron chi connectivity index (χ0n) is 13.9. The maximum atomic E-state index is 12.1. The Labute approximate surface area is 150 Å². The number of carbonyl (C=O) groups is 1. The van der Waals surface area contributed by atoms with Crippen molar-refractivity contribution in [1.82, 2.24) is 20.1 Å². The lowest BCUT2D eigenvalue weighted by Gasteiger charge is -2.14. The summed E-state index contributed by atoms with van der Waals surface area (Å²) in [5.74, 6) is -0.0211. The number of pyridine rings is 1. The standard InChI is InChI=1S/C19H20N4OS/c24-19(14-8-12-25-13-14)21-10-11-23-17-7-2-1-5-15(17)18(22-23)16-6-3-4-9-20-16/h3-4,6,8-9,12-13H,1-2,5,7,10-11H2,(H,21,24). The first-order chi connectivity index (χ1) is 12.3. The number of hydrogen-bond acceptors (Lipinski definition) is 4. The Bertz CT molecular complexity index is 855. The van der Waals surface area contributed by atoms with E-state index in [4.69, 9.17) is 5.10 Å². The van der Waals surface area contributed by atoms with Crippen LogP contribution in [0.2, 0.25) is 0 Å². The molecule has 5 nitrogen and oxygen atoms in total. The molecule has 3 aromatic heterocycles. The van der Waals surface area contributed by atoms with Crippen molar-refractivity contribution in [2.75, 3.05) is 6.54 Å². The van der Waals surface area contributed by atoms with Gasteiger partial charge >= 0.3 is 0 Å². The summed E-state index contributed by atoms with van der Waals surface area (Å²) in [4.78, 5) is 16.5. The predicted octanol–water partition coefficient (Wildman–Crippen LogP) is 3.32. The Morgan fingerprint density at radius 3 is 2.96 bits per heavy atom. The summed E-state index contributed by atoms with van der Waals surface area (Å²) in [6.45, 7) is 1.26. The average Bonchev–Trinajstić information content (AvgIpc) is 3.31. The molecule has 6 heteroatoms. The van der Waals surface area contributed by atoms with E-state index in [2.05, 4.69) is 15.0 Å². The summed E-state index contributed by atoms with van der Waals surface area (Å²) < 4.78 is 2.06. The van der Waals surface area contributed by atoms with Crippen molar-refractivity contribution in [3.05, 3.63) is 58.0 Å². The minimum atomic E-state index is -0.0211. The van der Waals surface area contributed by atoms with E-state index in [1.165, 1.54) is 35.4 Å². The fourth-order valence-electron chi connectivity index (χ4n) is 3.34. The average molecular weight is 352 g/mol. The van der Waals surface area contributed by atoms with E-state index in [0.717, 1.165) is 29.8 Å². The van der Waals surface area contributed by atoms with Gasteiger partial charge in [0, 0.05) is 34.9 Å². The van der Waals surface area contributed by atoms with Gasteiger partial charge in [-0.05, 0) is 49.3 Å². The zero-order chi connectivity index (χ0) is 17.1. The molecular weight excluding hydrogens is 332 g/mol. The van der Waals surface area contributed by atoms with Crippen LogP contribution >= 0.6 is 11.3 Å². The molecule has 3 aromatic rings. The summed E-state index contributed by atoms with van der Waals surface area (Å²) in [5, 5.41) is 11.6. The number of nitrogens with zero attached hydrogens (tertiary/aromatic N) is 3. The number of fused-ring (bicyclic) bond motifs is 1. The Morgan fingerprint density at radius 1 is 1.24 bits per heavy atom. The smallest absolute Gasteiger partial charge is 0.252 e. The highest BCUT2D eigenvalue weighted by Crippen LogP contribution is 2.30. The molecule has 1 amide bonds. The van der Waals surface area contributed by atoms with Gasteiger partial charge in [-0.3, -0.25) is 14.5 Å². The molecule has 0 unspecified atom stereocenters. The molecule has 1 aliphatic rings. The third-order valence-electron chi connectivity index (χ3n) is 4.56. The van der Waals surface area contributed by atoms with Crippen molar-refractivity contribution in [2.24, 2.45) is 0 Å². The van der Waals surface area contributed by atoms with Gasteiger partial charge in [-0.25, -0.2) is 0 Å². The van der Waals surface area contributed by atoms with Crippen LogP contribution in [0.25, 0.3) is 11.4 Å². The van der Waals surface area contributed by atoms with E-state index < -0.39 is 0 Å². The fourth-order valence-corrected chi connectivity index (χ4v) is 3.97. The minimum absolute atomic E-state index is 0.0211. The highest BCUT2D eigenvalue weighted by Gasteiger charge is 2.22. The molecule has 0 spiro atoms. The predicted molar refractivity (Wildman–Crippen MR) is 98.8 cm³/mol. The van der Waals surface area contributed by atoms with Crippen LogP contribution < -0.4 is 5.32 Å². The summed E-state index contributed by atoms with van der Waals surface area (Å²) in [7, 11) is 0. The van der Waals surface area contributed by atoms with Crippen LogP contribution in [0.15, 0.2) is 41.2 Å². The van der Waals surface area contributed by atoms with Gasteiger partial charge in [0.25, 0.3) is 5.91 Å². The number of hydrogen-bond donors (Lipinski definition) is 1. The Kier molecular flexibility index (Phi) is 4.61. The second-order valence-electron chi connectivity index (χ2n) is 6.19. The molecule has 0 atom stereocenters. The van der Waals surface area contributed by atoms with Gasteiger partial charge in [-0.15, -0.1) is 0 Å². The molecule has 1 N–H and O–H groups in total. The molecule has 1 aliphatic carbocycles. The molecule has 0 bridgehead atoms. The van der Waals surface area contributed by atoms with E-state index in [-0.39, 0.29) is 5.91 Å². The number of thiophene rings is 1. The van der Waals surface area contributed by atoms with Crippen LogP contribution in [0.5, 0.6) is 0 Å². The Hall–Kier alpha value is -2.47. The maximum Gasteiger partial charge on any atom is 0.252 e. The second-order valence-corrected chi connectivity index (χ2v) is 6.97. The van der Waals surface area contributed by atoms with Crippen molar-refractivity contribution in [2.45, 2.75) is 32.2 Å². The molecule has 128 valence electrons. The van der Waals surface area contributed by atoms with Gasteiger partial charge in [-0.1, -0.05) is 6.07 Å². The number of carbonyl (C=O) groups excluding carboxylic acids is 1. The van der Waals surface area contributed by atoms with Gasteiger partial charge in [-0.2, -0.15) is 16.4 Å². The van der Waals surface area contributed by atoms with Crippen molar-refractivity contribution in [3.63, 3.8) is 0 Å². The number of rotatable bonds is 5. The zero-order valence-corrected chi connectivity index (χ0v) is 14.8. The van der Waals surface area contributed by atoms with Crippen molar-refractivity contribution in [1.29, 1.82) is 0 Å². The van der Waals surface area contributed by atoms with Crippen LogP contribution in [-0.4, -0.2) is 27.2 Å². The molecule has 0 radical (unpaired) electrons. The molecule has 0 saturated heterocycles. The SMILES string of the molecule is O=C(NCCn1nc(-c2ccccn2)c2c1CCCC2)c1ccsc1. The van der Waals surface area contributed by atoms with Gasteiger partial charge < -0.3 is 5.32 Å². The lowest BCUT2D eigenvalue weighted by Crippen LogP contribution is -2.27. The second kappa shape index (κ2) is 7.19. The highest BCUT2D eigenvalue weighted by atomic mass is 32.1. The lowest BCUT2D eigenvalue weighted by atomic mass is 9.95. The third kappa shape index (κ3) is 3.35. The first kappa shape index (κ1) is 16.0. The lowest BCUT2D eigenvalue weighted by molar-refractivity contribution is 0.0952. The van der Waals surface area contributed by atoms with E-state index in [0.29, 0.717) is 13.1 Å². The maximum absolute atomic E-state index is 12.1. The summed E-state index contributed by atoms with van der Waals surface area (Å²) in [5.41, 5.74) is 5.29. The van der Waals surface area contributed by atoms with Gasteiger partial charge in [0.2, 0.25) is 0 Å². The highest BCUT2D eigenvalue weighted by molar-refractivity contribution is 7.08. The van der Waals surface area contributed by atoms with Crippen LogP contribution in [0.4, 0.5) is 0 Å². The molecule has 0 aliphatic heterocycles. The van der Waals surface area contributed by atoms with Crippen LogP contribution in [0.3, 0.4) is 0 Å². The Morgan fingerprint density at radius 2 is 2.16 bits per heavy atom. The van der Waals surface area contributed by atoms with Gasteiger partial charge in [0.15, 0.2) is 0 Å². The quantitative estimate of drug-likeness (QED) is 0.766. The minimum Gasteiger partial charge on any atom is -0.350 e. The van der Waals surface area contributed by atoms with Crippen LogP contribution in [0, 0.1) is 0 Å². The number of nitrogens with one attached hydrogen (secondary N) is 1. The topological polar surface area (TPSA) is 59.8 Å². The molecule has 3 heterocycles. The van der Waals surface area contributed by atoms with Gasteiger partial charge in [0.1, 0.15) is 5.69 Å². The number of amides is 1. The summed E-state index contributed by atoms with van der Waals surface area (Å²) in [6, 6.07) is 7.78. The van der Waals surface area contributed by atoms with E-state index in [9.17, 15) is 4.79 Å². The van der Waals surface area contributed by atoms with Crippen molar-refractivity contribution >= 4 is 17.2 Å². The molecule has 4 rings (SSSR count). The third-order valence-corrected chi connectivity index (χ3v) is 5.24. The number of aromatic nitrogens is 3. The Balaban J connectivity index is 1.52. The van der Waals surface area contributed by atoms with E-state index in [1.807, 2.05) is 41.2 Å². The fraction of sp³-hybridized carbons (Fsp3) is 0.316.